The molecule has 0 aliphatic rings. The van der Waals surface area contributed by atoms with E-state index in [4.69, 9.17) is 4.98 Å². The van der Waals surface area contributed by atoms with E-state index in [-0.39, 0.29) is 6.42 Å². The van der Waals surface area contributed by atoms with Gasteiger partial charge in [-0.05, 0) is 56.5 Å². The van der Waals surface area contributed by atoms with E-state index < -0.39 is 24.0 Å². The van der Waals surface area contributed by atoms with Gasteiger partial charge in [0, 0.05) is 11.8 Å². The molecule has 0 radical (unpaired) electrons. The van der Waals surface area contributed by atoms with Crippen molar-refractivity contribution in [2.24, 2.45) is 0 Å². The summed E-state index contributed by atoms with van der Waals surface area (Å²) in [4.78, 5) is 28.7. The predicted octanol–water partition coefficient (Wildman–Crippen LogP) is 2.42. The standard InChI is InChI=1S/C22H25N3O4/c1-12-7-8-16(10-14(12)3)20-17(25-9-5-6-13(2)21(25)24-20)11-18(27)23-19(15(4)26)22(28)29/h5-10,15,19,26H,11H2,1-4H3,(H,23,27)(H,28,29). The Balaban J connectivity index is 2.06. The van der Waals surface area contributed by atoms with E-state index in [1.807, 2.05) is 61.7 Å². The minimum absolute atomic E-state index is 0.0661. The molecule has 2 unspecified atom stereocenters. The van der Waals surface area contributed by atoms with Gasteiger partial charge in [-0.15, -0.1) is 0 Å². The summed E-state index contributed by atoms with van der Waals surface area (Å²) >= 11 is 0. The zero-order valence-electron chi connectivity index (χ0n) is 16.9. The van der Waals surface area contributed by atoms with Gasteiger partial charge in [-0.3, -0.25) is 4.79 Å². The number of aliphatic carboxylic acids is 1. The zero-order chi connectivity index (χ0) is 21.3. The van der Waals surface area contributed by atoms with E-state index in [0.29, 0.717) is 11.4 Å². The highest BCUT2D eigenvalue weighted by atomic mass is 16.4. The molecule has 152 valence electrons. The molecule has 2 atom stereocenters. The van der Waals surface area contributed by atoms with Gasteiger partial charge in [-0.2, -0.15) is 0 Å². The van der Waals surface area contributed by atoms with Crippen LogP contribution in [0.4, 0.5) is 0 Å². The number of aryl methyl sites for hydroxylation is 3. The number of imidazole rings is 1. The Hall–Kier alpha value is -3.19. The lowest BCUT2D eigenvalue weighted by Crippen LogP contribution is -2.48. The number of fused-ring (bicyclic) bond motifs is 1. The highest BCUT2D eigenvalue weighted by molar-refractivity contribution is 5.86. The molecule has 3 N–H and O–H groups in total. The largest absolute Gasteiger partial charge is 0.480 e. The number of aliphatic hydroxyl groups excluding tert-OH is 1. The zero-order valence-corrected chi connectivity index (χ0v) is 16.9. The van der Waals surface area contributed by atoms with Crippen LogP contribution in [0.25, 0.3) is 16.9 Å². The number of nitrogens with one attached hydrogen (secondary N) is 1. The van der Waals surface area contributed by atoms with Crippen LogP contribution >= 0.6 is 0 Å². The van der Waals surface area contributed by atoms with Crippen molar-refractivity contribution >= 4 is 17.5 Å². The second-order valence-electron chi connectivity index (χ2n) is 7.39. The number of hydrogen-bond acceptors (Lipinski definition) is 4. The lowest BCUT2D eigenvalue weighted by atomic mass is 10.0. The average molecular weight is 395 g/mol. The molecule has 0 aliphatic heterocycles. The van der Waals surface area contributed by atoms with Crippen LogP contribution < -0.4 is 5.32 Å². The normalized spacial score (nSPS) is 13.3. The average Bonchev–Trinajstić information content (AvgIpc) is 3.01. The Morgan fingerprint density at radius 2 is 1.86 bits per heavy atom. The fourth-order valence-electron chi connectivity index (χ4n) is 3.31. The van der Waals surface area contributed by atoms with Crippen LogP contribution in [0.5, 0.6) is 0 Å². The molecule has 1 amide bonds. The van der Waals surface area contributed by atoms with Gasteiger partial charge in [0.15, 0.2) is 6.04 Å². The highest BCUT2D eigenvalue weighted by Gasteiger charge is 2.26. The van der Waals surface area contributed by atoms with Gasteiger partial charge in [0.25, 0.3) is 0 Å². The molecule has 0 saturated heterocycles. The third kappa shape index (κ3) is 4.14. The van der Waals surface area contributed by atoms with Crippen molar-refractivity contribution < 1.29 is 19.8 Å². The van der Waals surface area contributed by atoms with Gasteiger partial charge >= 0.3 is 5.97 Å². The Kier molecular flexibility index (Phi) is 5.70. The van der Waals surface area contributed by atoms with E-state index in [0.717, 1.165) is 27.9 Å². The molecule has 2 aromatic heterocycles. The predicted molar refractivity (Wildman–Crippen MR) is 110 cm³/mol. The number of amides is 1. The van der Waals surface area contributed by atoms with E-state index in [9.17, 15) is 19.8 Å². The van der Waals surface area contributed by atoms with Gasteiger partial charge in [-0.25, -0.2) is 9.78 Å². The van der Waals surface area contributed by atoms with Crippen LogP contribution in [-0.4, -0.2) is 43.6 Å². The molecule has 3 rings (SSSR count). The number of carbonyl (C=O) groups is 2. The monoisotopic (exact) mass is 395 g/mol. The van der Waals surface area contributed by atoms with Crippen molar-refractivity contribution in [3.63, 3.8) is 0 Å². The van der Waals surface area contributed by atoms with Crippen molar-refractivity contribution in [1.82, 2.24) is 14.7 Å². The molecule has 0 saturated carbocycles. The molecule has 2 heterocycles. The maximum atomic E-state index is 12.6. The molecule has 0 fully saturated rings. The minimum Gasteiger partial charge on any atom is -0.480 e. The topological polar surface area (TPSA) is 104 Å². The Bertz CT molecular complexity index is 1090. The molecular formula is C22H25N3O4. The van der Waals surface area contributed by atoms with Crippen LogP contribution in [-0.2, 0) is 16.0 Å². The third-order valence-corrected chi connectivity index (χ3v) is 5.12. The first-order valence-electron chi connectivity index (χ1n) is 9.43. The second-order valence-corrected chi connectivity index (χ2v) is 7.39. The summed E-state index contributed by atoms with van der Waals surface area (Å²) in [6.07, 6.45) is 0.565. The van der Waals surface area contributed by atoms with E-state index in [1.165, 1.54) is 6.92 Å². The number of carbonyl (C=O) groups excluding carboxylic acids is 1. The first-order valence-corrected chi connectivity index (χ1v) is 9.43. The highest BCUT2D eigenvalue weighted by Crippen LogP contribution is 2.28. The van der Waals surface area contributed by atoms with Crippen molar-refractivity contribution in [3.8, 4) is 11.3 Å². The van der Waals surface area contributed by atoms with Gasteiger partial charge in [0.1, 0.15) is 5.65 Å². The maximum absolute atomic E-state index is 12.6. The van der Waals surface area contributed by atoms with Gasteiger partial charge in [-0.1, -0.05) is 18.2 Å². The first-order chi connectivity index (χ1) is 13.7. The number of aromatic nitrogens is 2. The summed E-state index contributed by atoms with van der Waals surface area (Å²) in [5, 5.41) is 21.3. The van der Waals surface area contributed by atoms with Gasteiger partial charge < -0.3 is 19.9 Å². The van der Waals surface area contributed by atoms with E-state index in [1.54, 1.807) is 0 Å². The molecule has 0 bridgehead atoms. The number of rotatable bonds is 6. The number of carboxylic acid groups (broad SMARTS) is 1. The summed E-state index contributed by atoms with van der Waals surface area (Å²) < 4.78 is 1.86. The number of carboxylic acids is 1. The maximum Gasteiger partial charge on any atom is 0.328 e. The Morgan fingerprint density at radius 3 is 2.48 bits per heavy atom. The Labute approximate surface area is 169 Å². The van der Waals surface area contributed by atoms with E-state index in [2.05, 4.69) is 5.32 Å². The lowest BCUT2D eigenvalue weighted by molar-refractivity contribution is -0.144. The smallest absolute Gasteiger partial charge is 0.328 e. The minimum atomic E-state index is -1.37. The SMILES string of the molecule is Cc1ccc(-c2nc3c(C)cccn3c2CC(=O)NC(C(=O)O)C(C)O)cc1C. The molecule has 7 nitrogen and oxygen atoms in total. The molecule has 0 aliphatic carbocycles. The third-order valence-electron chi connectivity index (χ3n) is 5.12. The summed E-state index contributed by atoms with van der Waals surface area (Å²) in [6, 6.07) is 8.48. The number of benzene rings is 1. The molecule has 3 aromatic rings. The first kappa shape index (κ1) is 20.5. The molecule has 7 heteroatoms. The number of aliphatic hydroxyl groups is 1. The second kappa shape index (κ2) is 8.05. The Morgan fingerprint density at radius 1 is 1.14 bits per heavy atom. The molecule has 29 heavy (non-hydrogen) atoms. The van der Waals surface area contributed by atoms with E-state index >= 15 is 0 Å². The summed E-state index contributed by atoms with van der Waals surface area (Å²) in [5.74, 6) is -1.77. The van der Waals surface area contributed by atoms with Crippen molar-refractivity contribution in [1.29, 1.82) is 0 Å². The number of nitrogens with zero attached hydrogens (tertiary/aromatic N) is 2. The van der Waals surface area contributed by atoms with Crippen LogP contribution in [0.3, 0.4) is 0 Å². The van der Waals surface area contributed by atoms with Crippen molar-refractivity contribution in [2.75, 3.05) is 0 Å². The van der Waals surface area contributed by atoms with Gasteiger partial charge in [0.05, 0.1) is 23.9 Å². The molecule has 0 spiro atoms. The lowest BCUT2D eigenvalue weighted by Gasteiger charge is -2.17. The fraction of sp³-hybridized carbons (Fsp3) is 0.318. The van der Waals surface area contributed by atoms with Crippen LogP contribution in [0.15, 0.2) is 36.5 Å². The van der Waals surface area contributed by atoms with Crippen LogP contribution in [0.2, 0.25) is 0 Å². The van der Waals surface area contributed by atoms with Crippen LogP contribution in [0, 0.1) is 20.8 Å². The number of pyridine rings is 1. The number of hydrogen-bond donors (Lipinski definition) is 3. The molecule has 1 aromatic carbocycles. The van der Waals surface area contributed by atoms with Gasteiger partial charge in [0.2, 0.25) is 5.91 Å². The quantitative estimate of drug-likeness (QED) is 0.595. The van der Waals surface area contributed by atoms with Crippen molar-refractivity contribution in [2.45, 2.75) is 46.3 Å². The summed E-state index contributed by atoms with van der Waals surface area (Å²) in [5.41, 5.74) is 6.23. The van der Waals surface area contributed by atoms with Crippen molar-refractivity contribution in [3.05, 3.63) is 58.9 Å². The summed E-state index contributed by atoms with van der Waals surface area (Å²) in [6.45, 7) is 7.33. The fourth-order valence-corrected chi connectivity index (χ4v) is 3.31. The molecular weight excluding hydrogens is 370 g/mol. The van der Waals surface area contributed by atoms with Crippen LogP contribution in [0.1, 0.15) is 29.3 Å². The summed E-state index contributed by atoms with van der Waals surface area (Å²) in [7, 11) is 0.